The standard InChI is InChI=1S/C12H25NO2S/c1-3-16-8-4-6-13-11(2)9-15-12-5-7-14-10-12/h11-13H,3-10H2,1-2H3. The second-order valence-electron chi connectivity index (χ2n) is 4.22. The van der Waals surface area contributed by atoms with Gasteiger partial charge in [-0.25, -0.2) is 0 Å². The van der Waals surface area contributed by atoms with Crippen LogP contribution in [0.1, 0.15) is 26.7 Å². The van der Waals surface area contributed by atoms with Crippen LogP contribution in [0.15, 0.2) is 0 Å². The van der Waals surface area contributed by atoms with Crippen LogP contribution in [0.3, 0.4) is 0 Å². The lowest BCUT2D eigenvalue weighted by Crippen LogP contribution is -2.33. The zero-order valence-corrected chi connectivity index (χ0v) is 11.4. The van der Waals surface area contributed by atoms with Crippen LogP contribution < -0.4 is 5.32 Å². The number of hydrogen-bond donors (Lipinski definition) is 1. The Morgan fingerprint density at radius 1 is 1.56 bits per heavy atom. The highest BCUT2D eigenvalue weighted by atomic mass is 32.2. The first-order valence-electron chi connectivity index (χ1n) is 6.33. The molecule has 96 valence electrons. The molecule has 4 heteroatoms. The van der Waals surface area contributed by atoms with Gasteiger partial charge in [0.2, 0.25) is 0 Å². The molecule has 0 saturated carbocycles. The zero-order chi connectivity index (χ0) is 11.6. The second kappa shape index (κ2) is 9.28. The van der Waals surface area contributed by atoms with E-state index in [2.05, 4.69) is 19.2 Å². The van der Waals surface area contributed by atoms with E-state index in [-0.39, 0.29) is 0 Å². The van der Waals surface area contributed by atoms with Gasteiger partial charge in [0.1, 0.15) is 0 Å². The maximum Gasteiger partial charge on any atom is 0.0831 e. The third-order valence-corrected chi connectivity index (χ3v) is 3.62. The predicted octanol–water partition coefficient (Wildman–Crippen LogP) is 1.91. The van der Waals surface area contributed by atoms with Crippen molar-refractivity contribution in [3.05, 3.63) is 0 Å². The van der Waals surface area contributed by atoms with Crippen molar-refractivity contribution in [1.82, 2.24) is 5.32 Å². The monoisotopic (exact) mass is 247 g/mol. The third-order valence-electron chi connectivity index (χ3n) is 2.63. The van der Waals surface area contributed by atoms with Crippen LogP contribution >= 0.6 is 11.8 Å². The molecule has 1 heterocycles. The van der Waals surface area contributed by atoms with Gasteiger partial charge in [0.15, 0.2) is 0 Å². The Balaban J connectivity index is 1.87. The predicted molar refractivity (Wildman–Crippen MR) is 70.3 cm³/mol. The minimum Gasteiger partial charge on any atom is -0.379 e. The van der Waals surface area contributed by atoms with E-state index in [1.165, 1.54) is 17.9 Å². The lowest BCUT2D eigenvalue weighted by atomic mass is 10.3. The summed E-state index contributed by atoms with van der Waals surface area (Å²) in [6, 6.07) is 0.451. The molecule has 1 aliphatic heterocycles. The van der Waals surface area contributed by atoms with Crippen molar-refractivity contribution in [2.24, 2.45) is 0 Å². The summed E-state index contributed by atoms with van der Waals surface area (Å²) in [5.74, 6) is 2.48. The van der Waals surface area contributed by atoms with Crippen LogP contribution in [-0.2, 0) is 9.47 Å². The quantitative estimate of drug-likeness (QED) is 0.631. The van der Waals surface area contributed by atoms with Gasteiger partial charge in [0.05, 0.1) is 19.3 Å². The molecule has 1 N–H and O–H groups in total. The molecule has 0 aromatic carbocycles. The van der Waals surface area contributed by atoms with Gasteiger partial charge < -0.3 is 14.8 Å². The summed E-state index contributed by atoms with van der Waals surface area (Å²) in [6.45, 7) is 7.93. The number of ether oxygens (including phenoxy) is 2. The molecule has 2 unspecified atom stereocenters. The highest BCUT2D eigenvalue weighted by Crippen LogP contribution is 2.08. The van der Waals surface area contributed by atoms with Gasteiger partial charge in [-0.15, -0.1) is 0 Å². The van der Waals surface area contributed by atoms with E-state index in [4.69, 9.17) is 9.47 Å². The third kappa shape index (κ3) is 6.74. The van der Waals surface area contributed by atoms with E-state index in [1.54, 1.807) is 0 Å². The number of thioether (sulfide) groups is 1. The van der Waals surface area contributed by atoms with Crippen molar-refractivity contribution in [1.29, 1.82) is 0 Å². The summed E-state index contributed by atoms with van der Waals surface area (Å²) in [6.07, 6.45) is 2.63. The van der Waals surface area contributed by atoms with E-state index in [0.717, 1.165) is 32.8 Å². The Morgan fingerprint density at radius 3 is 3.12 bits per heavy atom. The summed E-state index contributed by atoms with van der Waals surface area (Å²) in [5, 5.41) is 3.49. The van der Waals surface area contributed by atoms with Gasteiger partial charge in [-0.3, -0.25) is 0 Å². The van der Waals surface area contributed by atoms with Crippen LogP contribution in [0.5, 0.6) is 0 Å². The summed E-state index contributed by atoms with van der Waals surface area (Å²) in [5.41, 5.74) is 0. The summed E-state index contributed by atoms with van der Waals surface area (Å²) in [7, 11) is 0. The SMILES string of the molecule is CCSCCCNC(C)COC1CCOC1. The van der Waals surface area contributed by atoms with Crippen molar-refractivity contribution in [2.45, 2.75) is 38.8 Å². The normalized spacial score (nSPS) is 22.5. The Bertz CT molecular complexity index is 163. The zero-order valence-electron chi connectivity index (χ0n) is 10.5. The smallest absolute Gasteiger partial charge is 0.0831 e. The van der Waals surface area contributed by atoms with Crippen LogP contribution in [0, 0.1) is 0 Å². The second-order valence-corrected chi connectivity index (χ2v) is 5.62. The molecule has 0 spiro atoms. The Hall–Kier alpha value is 0.230. The molecule has 0 amide bonds. The lowest BCUT2D eigenvalue weighted by Gasteiger charge is -2.16. The van der Waals surface area contributed by atoms with Crippen molar-refractivity contribution in [3.63, 3.8) is 0 Å². The van der Waals surface area contributed by atoms with Gasteiger partial charge in [0, 0.05) is 12.6 Å². The van der Waals surface area contributed by atoms with Crippen molar-refractivity contribution < 1.29 is 9.47 Å². The van der Waals surface area contributed by atoms with Gasteiger partial charge in [-0.05, 0) is 37.8 Å². The molecular formula is C12H25NO2S. The molecule has 3 nitrogen and oxygen atoms in total. The summed E-state index contributed by atoms with van der Waals surface area (Å²) in [4.78, 5) is 0. The van der Waals surface area contributed by atoms with Crippen LogP contribution in [0.4, 0.5) is 0 Å². The fourth-order valence-corrected chi connectivity index (χ4v) is 2.29. The average Bonchev–Trinajstić information content (AvgIpc) is 2.79. The first-order valence-corrected chi connectivity index (χ1v) is 7.49. The fraction of sp³-hybridized carbons (Fsp3) is 1.00. The van der Waals surface area contributed by atoms with Gasteiger partial charge in [-0.2, -0.15) is 11.8 Å². The summed E-state index contributed by atoms with van der Waals surface area (Å²) >= 11 is 2.01. The molecule has 0 aromatic heterocycles. The maximum atomic E-state index is 5.75. The molecule has 1 aliphatic rings. The molecule has 2 atom stereocenters. The molecule has 0 bridgehead atoms. The molecule has 0 aliphatic carbocycles. The van der Waals surface area contributed by atoms with Crippen molar-refractivity contribution >= 4 is 11.8 Å². The van der Waals surface area contributed by atoms with Crippen molar-refractivity contribution in [3.8, 4) is 0 Å². The number of hydrogen-bond acceptors (Lipinski definition) is 4. The van der Waals surface area contributed by atoms with Gasteiger partial charge in [-0.1, -0.05) is 6.92 Å². The molecule has 16 heavy (non-hydrogen) atoms. The fourth-order valence-electron chi connectivity index (χ4n) is 1.65. The first-order chi connectivity index (χ1) is 7.83. The average molecular weight is 247 g/mol. The van der Waals surface area contributed by atoms with E-state index in [1.807, 2.05) is 11.8 Å². The highest BCUT2D eigenvalue weighted by Gasteiger charge is 2.16. The largest absolute Gasteiger partial charge is 0.379 e. The summed E-state index contributed by atoms with van der Waals surface area (Å²) < 4.78 is 11.0. The molecule has 1 saturated heterocycles. The minimum absolute atomic E-state index is 0.333. The van der Waals surface area contributed by atoms with E-state index in [9.17, 15) is 0 Å². The topological polar surface area (TPSA) is 30.5 Å². The molecule has 0 radical (unpaired) electrons. The van der Waals surface area contributed by atoms with E-state index in [0.29, 0.717) is 12.1 Å². The molecule has 1 fully saturated rings. The Labute approximate surface area is 104 Å². The number of rotatable bonds is 9. The highest BCUT2D eigenvalue weighted by molar-refractivity contribution is 7.99. The molecule has 0 aromatic rings. The maximum absolute atomic E-state index is 5.75. The van der Waals surface area contributed by atoms with Crippen LogP contribution in [0.2, 0.25) is 0 Å². The Morgan fingerprint density at radius 2 is 2.44 bits per heavy atom. The van der Waals surface area contributed by atoms with E-state index < -0.39 is 0 Å². The minimum atomic E-state index is 0.333. The first kappa shape index (κ1) is 14.3. The van der Waals surface area contributed by atoms with E-state index >= 15 is 0 Å². The molecular weight excluding hydrogens is 222 g/mol. The number of nitrogens with one attached hydrogen (secondary N) is 1. The molecule has 1 rings (SSSR count). The van der Waals surface area contributed by atoms with Gasteiger partial charge in [0.25, 0.3) is 0 Å². The Kier molecular flexibility index (Phi) is 8.29. The van der Waals surface area contributed by atoms with Crippen LogP contribution in [0.25, 0.3) is 0 Å². The van der Waals surface area contributed by atoms with Gasteiger partial charge >= 0.3 is 0 Å². The lowest BCUT2D eigenvalue weighted by molar-refractivity contribution is 0.0325. The van der Waals surface area contributed by atoms with Crippen LogP contribution in [-0.4, -0.2) is 50.0 Å². The van der Waals surface area contributed by atoms with Crippen molar-refractivity contribution in [2.75, 3.05) is 37.9 Å².